The first-order chi connectivity index (χ1) is 9.67. The van der Waals surface area contributed by atoms with Crippen LogP contribution >= 0.6 is 0 Å². The molecule has 0 aromatic heterocycles. The summed E-state index contributed by atoms with van der Waals surface area (Å²) < 4.78 is 0. The molecule has 2 aromatic rings. The lowest BCUT2D eigenvalue weighted by atomic mass is 9.94. The molecule has 2 nitrogen and oxygen atoms in total. The molecule has 0 saturated carbocycles. The molecule has 0 radical (unpaired) electrons. The van der Waals surface area contributed by atoms with Gasteiger partial charge in [-0.2, -0.15) is 0 Å². The molecule has 0 atom stereocenters. The molecule has 0 heterocycles. The molecule has 0 spiro atoms. The van der Waals surface area contributed by atoms with Crippen LogP contribution in [0.4, 0.5) is 0 Å². The molecule has 0 aliphatic heterocycles. The van der Waals surface area contributed by atoms with Crippen molar-refractivity contribution in [2.45, 2.75) is 12.8 Å². The van der Waals surface area contributed by atoms with E-state index >= 15 is 0 Å². The Morgan fingerprint density at radius 1 is 0.850 bits per heavy atom. The van der Waals surface area contributed by atoms with Gasteiger partial charge in [0, 0.05) is 11.1 Å². The van der Waals surface area contributed by atoms with Gasteiger partial charge < -0.3 is 10.2 Å². The number of aromatic hydroxyl groups is 2. The molecule has 2 heteroatoms. The summed E-state index contributed by atoms with van der Waals surface area (Å²) in [6.07, 6.45) is 4.93. The van der Waals surface area contributed by atoms with Gasteiger partial charge in [0.15, 0.2) is 0 Å². The normalized spacial score (nSPS) is 10.2. The van der Waals surface area contributed by atoms with E-state index in [1.54, 1.807) is 30.3 Å². The number of allylic oxidation sites excluding steroid dienone is 2. The lowest BCUT2D eigenvalue weighted by Gasteiger charge is -2.13. The van der Waals surface area contributed by atoms with Crippen LogP contribution in [0.3, 0.4) is 0 Å². The van der Waals surface area contributed by atoms with Crippen molar-refractivity contribution in [3.63, 3.8) is 0 Å². The summed E-state index contributed by atoms with van der Waals surface area (Å²) in [5, 5.41) is 19.8. The molecule has 0 bridgehead atoms. The Morgan fingerprint density at radius 3 is 2.10 bits per heavy atom. The van der Waals surface area contributed by atoms with E-state index < -0.39 is 0 Å². The van der Waals surface area contributed by atoms with Crippen LogP contribution in [0.2, 0.25) is 0 Å². The molecule has 0 unspecified atom stereocenters. The van der Waals surface area contributed by atoms with Crippen molar-refractivity contribution in [2.75, 3.05) is 0 Å². The lowest BCUT2D eigenvalue weighted by Crippen LogP contribution is -1.94. The fourth-order valence-corrected chi connectivity index (χ4v) is 2.27. The molecule has 0 aliphatic rings. The first-order valence-corrected chi connectivity index (χ1v) is 6.52. The molecule has 0 fully saturated rings. The maximum absolute atomic E-state index is 10.5. The van der Waals surface area contributed by atoms with Gasteiger partial charge in [0.2, 0.25) is 0 Å². The van der Waals surface area contributed by atoms with E-state index in [4.69, 9.17) is 0 Å². The predicted molar refractivity (Wildman–Crippen MR) is 83.0 cm³/mol. The third-order valence-corrected chi connectivity index (χ3v) is 3.27. The summed E-state index contributed by atoms with van der Waals surface area (Å²) in [5.74, 6) is 0.484. The molecule has 0 aliphatic carbocycles. The number of benzene rings is 2. The first kappa shape index (κ1) is 13.9. The first-order valence-electron chi connectivity index (χ1n) is 6.52. The van der Waals surface area contributed by atoms with Gasteiger partial charge >= 0.3 is 0 Å². The summed E-state index contributed by atoms with van der Waals surface area (Å²) in [7, 11) is 0. The van der Waals surface area contributed by atoms with Gasteiger partial charge in [0.05, 0.1) is 0 Å². The average molecular weight is 266 g/mol. The Labute approximate surface area is 119 Å². The van der Waals surface area contributed by atoms with Crippen LogP contribution < -0.4 is 0 Å². The van der Waals surface area contributed by atoms with Gasteiger partial charge in [0.25, 0.3) is 0 Å². The van der Waals surface area contributed by atoms with Crippen LogP contribution in [-0.4, -0.2) is 10.2 Å². The zero-order valence-electron chi connectivity index (χ0n) is 11.3. The number of hydrogen-bond donors (Lipinski definition) is 2. The minimum atomic E-state index is 0.211. The summed E-state index contributed by atoms with van der Waals surface area (Å²) in [6.45, 7) is 7.48. The van der Waals surface area contributed by atoms with E-state index in [-0.39, 0.29) is 11.5 Å². The van der Waals surface area contributed by atoms with E-state index in [9.17, 15) is 10.2 Å². The van der Waals surface area contributed by atoms with E-state index in [1.807, 2.05) is 18.2 Å². The molecule has 2 N–H and O–H groups in total. The Kier molecular flexibility index (Phi) is 4.26. The monoisotopic (exact) mass is 266 g/mol. The fraction of sp³-hybridized carbons (Fsp3) is 0.111. The number of phenols is 2. The van der Waals surface area contributed by atoms with E-state index in [1.165, 1.54) is 0 Å². The Balaban J connectivity index is 2.54. The molecular weight excluding hydrogens is 248 g/mol. The molecule has 0 amide bonds. The standard InChI is InChI=1S/C18H18O2/c1-3-5-13-9-12-17(18(20)16(13)6-4-2)14-7-10-15(19)11-8-14/h3-4,7-12,19-20H,1-2,5-6H2. The van der Waals surface area contributed by atoms with Crippen molar-refractivity contribution in [3.05, 3.63) is 72.8 Å². The number of hydrogen-bond acceptors (Lipinski definition) is 2. The smallest absolute Gasteiger partial charge is 0.127 e. The molecule has 102 valence electrons. The van der Waals surface area contributed by atoms with Crippen molar-refractivity contribution in [2.24, 2.45) is 0 Å². The minimum absolute atomic E-state index is 0.211. The summed E-state index contributed by atoms with van der Waals surface area (Å²) in [4.78, 5) is 0. The van der Waals surface area contributed by atoms with Crippen molar-refractivity contribution < 1.29 is 10.2 Å². The molecule has 0 saturated heterocycles. The van der Waals surface area contributed by atoms with Gasteiger partial charge in [-0.1, -0.05) is 36.4 Å². The highest BCUT2D eigenvalue weighted by molar-refractivity contribution is 5.73. The van der Waals surface area contributed by atoms with Crippen LogP contribution in [0.15, 0.2) is 61.7 Å². The van der Waals surface area contributed by atoms with Crippen LogP contribution in [0.1, 0.15) is 11.1 Å². The van der Waals surface area contributed by atoms with Gasteiger partial charge in [-0.25, -0.2) is 0 Å². The third-order valence-electron chi connectivity index (χ3n) is 3.27. The van der Waals surface area contributed by atoms with Crippen LogP contribution in [0.5, 0.6) is 11.5 Å². The largest absolute Gasteiger partial charge is 0.508 e. The average Bonchev–Trinajstić information content (AvgIpc) is 2.44. The molecule has 2 rings (SSSR count). The predicted octanol–water partition coefficient (Wildman–Crippen LogP) is 4.22. The second-order valence-corrected chi connectivity index (χ2v) is 4.63. The molecule has 20 heavy (non-hydrogen) atoms. The Bertz CT molecular complexity index is 625. The van der Waals surface area contributed by atoms with Crippen molar-refractivity contribution >= 4 is 0 Å². The number of rotatable bonds is 5. The van der Waals surface area contributed by atoms with E-state index in [0.717, 1.165) is 22.3 Å². The van der Waals surface area contributed by atoms with Crippen LogP contribution in [-0.2, 0) is 12.8 Å². The summed E-state index contributed by atoms with van der Waals surface area (Å²) >= 11 is 0. The van der Waals surface area contributed by atoms with Crippen molar-refractivity contribution in [1.29, 1.82) is 0 Å². The summed E-state index contributed by atoms with van der Waals surface area (Å²) in [5.41, 5.74) is 3.57. The zero-order valence-corrected chi connectivity index (χ0v) is 11.3. The highest BCUT2D eigenvalue weighted by atomic mass is 16.3. The highest BCUT2D eigenvalue weighted by Crippen LogP contribution is 2.35. The van der Waals surface area contributed by atoms with Gasteiger partial charge in [0.1, 0.15) is 11.5 Å². The van der Waals surface area contributed by atoms with Gasteiger partial charge in [-0.3, -0.25) is 0 Å². The van der Waals surface area contributed by atoms with Gasteiger partial charge in [-0.05, 0) is 36.1 Å². The highest BCUT2D eigenvalue weighted by Gasteiger charge is 2.12. The SMILES string of the molecule is C=CCc1ccc(-c2ccc(O)cc2)c(O)c1CC=C. The van der Waals surface area contributed by atoms with Crippen molar-refractivity contribution in [3.8, 4) is 22.6 Å². The van der Waals surface area contributed by atoms with E-state index in [2.05, 4.69) is 13.2 Å². The molecule has 2 aromatic carbocycles. The maximum atomic E-state index is 10.5. The van der Waals surface area contributed by atoms with Crippen molar-refractivity contribution in [1.82, 2.24) is 0 Å². The van der Waals surface area contributed by atoms with Crippen LogP contribution in [0.25, 0.3) is 11.1 Å². The second-order valence-electron chi connectivity index (χ2n) is 4.63. The van der Waals surface area contributed by atoms with E-state index in [0.29, 0.717) is 12.8 Å². The fourth-order valence-electron chi connectivity index (χ4n) is 2.27. The topological polar surface area (TPSA) is 40.5 Å². The second kappa shape index (κ2) is 6.11. The van der Waals surface area contributed by atoms with Gasteiger partial charge in [-0.15, -0.1) is 13.2 Å². The maximum Gasteiger partial charge on any atom is 0.127 e. The third kappa shape index (κ3) is 2.75. The quantitative estimate of drug-likeness (QED) is 0.795. The summed E-state index contributed by atoms with van der Waals surface area (Å²) in [6, 6.07) is 10.7. The molecular formula is C18H18O2. The lowest BCUT2D eigenvalue weighted by molar-refractivity contribution is 0.470. The Morgan fingerprint density at radius 2 is 1.50 bits per heavy atom. The number of phenolic OH excluding ortho intramolecular Hbond substituents is 2. The minimum Gasteiger partial charge on any atom is -0.508 e. The zero-order chi connectivity index (χ0) is 14.5. The Hall–Kier alpha value is -2.48. The van der Waals surface area contributed by atoms with Crippen LogP contribution in [0, 0.1) is 0 Å².